The van der Waals surface area contributed by atoms with Crippen LogP contribution >= 0.6 is 39.0 Å². The van der Waals surface area contributed by atoms with Crippen LogP contribution in [0.15, 0.2) is 6.07 Å². The van der Waals surface area contributed by atoms with Crippen LogP contribution in [0.3, 0.4) is 0 Å². The molecule has 100 valence electrons. The largest absolute Gasteiger partial charge is 0.350 e. The fourth-order valence-electron chi connectivity index (χ4n) is 1.96. The second-order valence-electron chi connectivity index (χ2n) is 4.46. The summed E-state index contributed by atoms with van der Waals surface area (Å²) >= 11 is 7.20. The summed E-state index contributed by atoms with van der Waals surface area (Å²) in [7, 11) is 0. The molecule has 0 saturated heterocycles. The van der Waals surface area contributed by atoms with Crippen LogP contribution in [-0.2, 0) is 12.2 Å². The molecule has 0 bridgehead atoms. The molecular weight excluding hydrogens is 330 g/mol. The highest BCUT2D eigenvalue weighted by atomic mass is 79.9. The normalized spacial score (nSPS) is 16.1. The van der Waals surface area contributed by atoms with E-state index in [1.165, 1.54) is 16.2 Å². The van der Waals surface area contributed by atoms with Crippen LogP contribution < -0.4 is 5.32 Å². The Balaban J connectivity index is 1.90. The zero-order chi connectivity index (χ0) is 13.0. The van der Waals surface area contributed by atoms with Gasteiger partial charge in [0.05, 0.1) is 4.88 Å². The first kappa shape index (κ1) is 14.4. The number of carbonyl (C=O) groups excluding carboxylic acids is 1. The van der Waals surface area contributed by atoms with E-state index < -0.39 is 0 Å². The second kappa shape index (κ2) is 6.96. The molecule has 5 heteroatoms. The quantitative estimate of drug-likeness (QED) is 0.820. The van der Waals surface area contributed by atoms with Crippen molar-refractivity contribution < 1.29 is 4.79 Å². The molecule has 0 aromatic carbocycles. The van der Waals surface area contributed by atoms with Crippen LogP contribution in [0.5, 0.6) is 0 Å². The lowest BCUT2D eigenvalue weighted by molar-refractivity contribution is 0.0957. The number of rotatable bonds is 5. The summed E-state index contributed by atoms with van der Waals surface area (Å²) in [5, 5.41) is 3.01. The number of fused-ring (bicyclic) bond motifs is 1. The van der Waals surface area contributed by atoms with Gasteiger partial charge in [-0.15, -0.1) is 11.3 Å². The minimum Gasteiger partial charge on any atom is -0.350 e. The van der Waals surface area contributed by atoms with Crippen LogP contribution in [-0.4, -0.2) is 23.0 Å². The van der Waals surface area contributed by atoms with Gasteiger partial charge in [-0.05, 0) is 30.2 Å². The Hall–Kier alpha value is -0.000000000000000111. The van der Waals surface area contributed by atoms with Gasteiger partial charge in [-0.2, -0.15) is 11.8 Å². The third kappa shape index (κ3) is 3.75. The topological polar surface area (TPSA) is 29.1 Å². The van der Waals surface area contributed by atoms with Gasteiger partial charge in [0.2, 0.25) is 0 Å². The summed E-state index contributed by atoms with van der Waals surface area (Å²) in [4.78, 5) is 14.7. The molecule has 1 unspecified atom stereocenters. The molecule has 0 spiro atoms. The van der Waals surface area contributed by atoms with E-state index >= 15 is 0 Å². The molecule has 2 heterocycles. The molecule has 1 atom stereocenters. The van der Waals surface area contributed by atoms with Crippen molar-refractivity contribution in [2.24, 2.45) is 0 Å². The van der Waals surface area contributed by atoms with Crippen LogP contribution in [0.4, 0.5) is 0 Å². The second-order valence-corrected chi connectivity index (χ2v) is 7.99. The van der Waals surface area contributed by atoms with Gasteiger partial charge in [0.1, 0.15) is 0 Å². The van der Waals surface area contributed by atoms with Crippen molar-refractivity contribution in [3.05, 3.63) is 21.4 Å². The van der Waals surface area contributed by atoms with Gasteiger partial charge in [-0.1, -0.05) is 29.3 Å². The van der Waals surface area contributed by atoms with Crippen LogP contribution in [0, 0.1) is 0 Å². The first-order valence-electron chi connectivity index (χ1n) is 6.32. The van der Waals surface area contributed by atoms with Gasteiger partial charge in [0.25, 0.3) is 5.91 Å². The van der Waals surface area contributed by atoms with Gasteiger partial charge >= 0.3 is 0 Å². The van der Waals surface area contributed by atoms with E-state index in [4.69, 9.17) is 0 Å². The zero-order valence-electron chi connectivity index (χ0n) is 10.5. The maximum atomic E-state index is 12.0. The first-order valence-corrected chi connectivity index (χ1v) is 9.21. The number of alkyl halides is 1. The lowest BCUT2D eigenvalue weighted by Crippen LogP contribution is -2.28. The zero-order valence-corrected chi connectivity index (χ0v) is 13.7. The van der Waals surface area contributed by atoms with E-state index in [0.717, 1.165) is 29.9 Å². The van der Waals surface area contributed by atoms with E-state index in [2.05, 4.69) is 34.2 Å². The maximum Gasteiger partial charge on any atom is 0.261 e. The Morgan fingerprint density at radius 2 is 2.44 bits per heavy atom. The van der Waals surface area contributed by atoms with Crippen molar-refractivity contribution in [2.45, 2.75) is 36.8 Å². The summed E-state index contributed by atoms with van der Waals surface area (Å²) < 4.78 is 0. The molecule has 0 aliphatic carbocycles. The Morgan fingerprint density at radius 3 is 3.17 bits per heavy atom. The van der Waals surface area contributed by atoms with Gasteiger partial charge in [-0.25, -0.2) is 0 Å². The highest BCUT2D eigenvalue weighted by Crippen LogP contribution is 2.31. The molecular formula is C13H18BrNOS2. The average molecular weight is 348 g/mol. The summed E-state index contributed by atoms with van der Waals surface area (Å²) in [5.41, 5.74) is 1.37. The standard InChI is InChI=1S/C13H18BrNOS2/c1-2-3-10(14)7-15-13(16)12-6-9-8-17-5-4-11(9)18-12/h6,10H,2-5,7-8H2,1H3,(H,15,16). The van der Waals surface area contributed by atoms with Crippen molar-refractivity contribution in [3.63, 3.8) is 0 Å². The Morgan fingerprint density at radius 1 is 1.61 bits per heavy atom. The minimum absolute atomic E-state index is 0.0833. The van der Waals surface area contributed by atoms with Gasteiger partial charge in [0, 0.05) is 22.0 Å². The number of nitrogens with one attached hydrogen (secondary N) is 1. The molecule has 18 heavy (non-hydrogen) atoms. The lowest BCUT2D eigenvalue weighted by Gasteiger charge is -2.08. The van der Waals surface area contributed by atoms with Crippen LogP contribution in [0.2, 0.25) is 0 Å². The summed E-state index contributed by atoms with van der Waals surface area (Å²) in [6.07, 6.45) is 3.35. The number of aryl methyl sites for hydroxylation is 1. The van der Waals surface area contributed by atoms with Gasteiger partial charge in [-0.3, -0.25) is 4.79 Å². The highest BCUT2D eigenvalue weighted by Gasteiger charge is 2.17. The Labute approximate surface area is 125 Å². The molecule has 1 amide bonds. The highest BCUT2D eigenvalue weighted by molar-refractivity contribution is 9.09. The molecule has 0 saturated carbocycles. The van der Waals surface area contributed by atoms with Crippen molar-refractivity contribution in [1.29, 1.82) is 0 Å². The van der Waals surface area contributed by atoms with Crippen molar-refractivity contribution in [1.82, 2.24) is 5.32 Å². The Bertz CT molecular complexity index is 396. The average Bonchev–Trinajstić information content (AvgIpc) is 2.80. The third-order valence-corrected chi connectivity index (χ3v) is 5.96. The van der Waals surface area contributed by atoms with Gasteiger partial charge in [0.15, 0.2) is 0 Å². The molecule has 1 aromatic heterocycles. The molecule has 2 nitrogen and oxygen atoms in total. The molecule has 1 aromatic rings. The minimum atomic E-state index is 0.0833. The van der Waals surface area contributed by atoms with E-state index in [1.54, 1.807) is 11.3 Å². The fourth-order valence-corrected chi connectivity index (χ4v) is 4.87. The lowest BCUT2D eigenvalue weighted by atomic mass is 10.2. The number of hydrogen-bond acceptors (Lipinski definition) is 3. The third-order valence-electron chi connectivity index (χ3n) is 2.94. The molecule has 1 aliphatic rings. The SMILES string of the molecule is CCCC(Br)CNC(=O)c1cc2c(s1)CCSC2. The van der Waals surface area contributed by atoms with E-state index in [1.807, 2.05) is 11.8 Å². The van der Waals surface area contributed by atoms with Crippen LogP contribution in [0.25, 0.3) is 0 Å². The molecule has 0 radical (unpaired) electrons. The summed E-state index contributed by atoms with van der Waals surface area (Å²) in [5.74, 6) is 2.34. The van der Waals surface area contributed by atoms with Crippen molar-refractivity contribution >= 4 is 44.9 Å². The van der Waals surface area contributed by atoms with Gasteiger partial charge < -0.3 is 5.32 Å². The number of thiophene rings is 1. The van der Waals surface area contributed by atoms with E-state index in [0.29, 0.717) is 11.4 Å². The smallest absolute Gasteiger partial charge is 0.261 e. The number of amides is 1. The summed E-state index contributed by atoms with van der Waals surface area (Å²) in [6, 6.07) is 2.07. The monoisotopic (exact) mass is 347 g/mol. The Kier molecular flexibility index (Phi) is 5.57. The first-order chi connectivity index (χ1) is 8.70. The maximum absolute atomic E-state index is 12.0. The number of carbonyl (C=O) groups is 1. The molecule has 1 N–H and O–H groups in total. The number of halogens is 1. The van der Waals surface area contributed by atoms with E-state index in [-0.39, 0.29) is 5.91 Å². The number of hydrogen-bond donors (Lipinski definition) is 1. The summed E-state index contributed by atoms with van der Waals surface area (Å²) in [6.45, 7) is 2.87. The molecule has 0 fully saturated rings. The van der Waals surface area contributed by atoms with E-state index in [9.17, 15) is 4.79 Å². The van der Waals surface area contributed by atoms with Crippen molar-refractivity contribution in [2.75, 3.05) is 12.3 Å². The predicted molar refractivity (Wildman–Crippen MR) is 84.1 cm³/mol. The number of thioether (sulfide) groups is 1. The molecule has 2 rings (SSSR count). The van der Waals surface area contributed by atoms with Crippen LogP contribution in [0.1, 0.15) is 39.9 Å². The molecule has 1 aliphatic heterocycles. The fraction of sp³-hybridized carbons (Fsp3) is 0.615. The predicted octanol–water partition coefficient (Wildman–Crippen LogP) is 3.83. The van der Waals surface area contributed by atoms with Crippen molar-refractivity contribution in [3.8, 4) is 0 Å².